The second-order valence-corrected chi connectivity index (χ2v) is 6.57. The van der Waals surface area contributed by atoms with E-state index in [-0.39, 0.29) is 23.1 Å². The van der Waals surface area contributed by atoms with Gasteiger partial charge in [-0.05, 0) is 49.7 Å². The number of halogens is 2. The van der Waals surface area contributed by atoms with Gasteiger partial charge in [0.15, 0.2) is 0 Å². The fourth-order valence-electron chi connectivity index (χ4n) is 2.48. The Morgan fingerprint density at radius 1 is 1.15 bits per heavy atom. The van der Waals surface area contributed by atoms with Crippen molar-refractivity contribution in [1.29, 1.82) is 0 Å². The lowest BCUT2D eigenvalue weighted by Crippen LogP contribution is -2.31. The number of esters is 1. The molecule has 0 aliphatic rings. The third kappa shape index (κ3) is 5.96. The molecule has 27 heavy (non-hydrogen) atoms. The van der Waals surface area contributed by atoms with Gasteiger partial charge in [-0.2, -0.15) is 0 Å². The Balaban J connectivity index is 2.24. The van der Waals surface area contributed by atoms with E-state index in [9.17, 15) is 14.0 Å². The van der Waals surface area contributed by atoms with Crippen LogP contribution in [0.15, 0.2) is 42.5 Å². The molecule has 1 amide bonds. The van der Waals surface area contributed by atoms with E-state index in [0.717, 1.165) is 12.1 Å². The van der Waals surface area contributed by atoms with Crippen LogP contribution in [0, 0.1) is 5.82 Å². The third-order valence-corrected chi connectivity index (χ3v) is 4.05. The summed E-state index contributed by atoms with van der Waals surface area (Å²) in [7, 11) is 1.55. The minimum atomic E-state index is -0.643. The first kappa shape index (κ1) is 20.7. The molecular formula is C20H21ClFNO4. The highest BCUT2D eigenvalue weighted by Gasteiger charge is 2.22. The molecule has 0 aromatic heterocycles. The summed E-state index contributed by atoms with van der Waals surface area (Å²) in [5.74, 6) is -0.853. The maximum atomic E-state index is 13.2. The number of carbonyl (C=O) groups is 2. The van der Waals surface area contributed by atoms with E-state index in [1.165, 1.54) is 6.07 Å². The van der Waals surface area contributed by atoms with Crippen molar-refractivity contribution in [2.75, 3.05) is 7.11 Å². The van der Waals surface area contributed by atoms with Crippen molar-refractivity contribution in [2.24, 2.45) is 0 Å². The van der Waals surface area contributed by atoms with Gasteiger partial charge >= 0.3 is 5.97 Å². The number of rotatable bonds is 7. The van der Waals surface area contributed by atoms with Crippen molar-refractivity contribution >= 4 is 23.5 Å². The second kappa shape index (κ2) is 9.37. The lowest BCUT2D eigenvalue weighted by atomic mass is 10.0. The Labute approximate surface area is 162 Å². The summed E-state index contributed by atoms with van der Waals surface area (Å²) in [4.78, 5) is 24.7. The normalized spacial score (nSPS) is 11.8. The van der Waals surface area contributed by atoms with Crippen molar-refractivity contribution in [2.45, 2.75) is 32.4 Å². The predicted octanol–water partition coefficient (Wildman–Crippen LogP) is 4.30. The smallest absolute Gasteiger partial charge is 0.308 e. The number of methoxy groups -OCH3 is 1. The lowest BCUT2D eigenvalue weighted by molar-refractivity contribution is -0.147. The van der Waals surface area contributed by atoms with Crippen LogP contribution in [0.25, 0.3) is 0 Å². The first-order chi connectivity index (χ1) is 12.8. The van der Waals surface area contributed by atoms with Crippen molar-refractivity contribution in [3.8, 4) is 5.75 Å². The van der Waals surface area contributed by atoms with Gasteiger partial charge in [0.05, 0.1) is 36.3 Å². The molecule has 0 heterocycles. The summed E-state index contributed by atoms with van der Waals surface area (Å²) >= 11 is 5.96. The molecule has 0 bridgehead atoms. The number of hydrogen-bond donors (Lipinski definition) is 1. The Morgan fingerprint density at radius 3 is 2.37 bits per heavy atom. The van der Waals surface area contributed by atoms with E-state index in [1.54, 1.807) is 45.2 Å². The molecule has 1 atom stereocenters. The van der Waals surface area contributed by atoms with Crippen LogP contribution < -0.4 is 10.1 Å². The predicted molar refractivity (Wildman–Crippen MR) is 100 cm³/mol. The molecule has 5 nitrogen and oxygen atoms in total. The molecule has 0 fully saturated rings. The zero-order chi connectivity index (χ0) is 20.0. The van der Waals surface area contributed by atoms with Crippen LogP contribution in [-0.4, -0.2) is 25.1 Å². The number of amides is 1. The third-order valence-electron chi connectivity index (χ3n) is 3.74. The minimum absolute atomic E-state index is 0.00858. The fourth-order valence-corrected chi connectivity index (χ4v) is 2.73. The van der Waals surface area contributed by atoms with E-state index < -0.39 is 23.7 Å². The number of ether oxygens (including phenoxy) is 2. The van der Waals surface area contributed by atoms with Crippen molar-refractivity contribution in [1.82, 2.24) is 5.32 Å². The van der Waals surface area contributed by atoms with Gasteiger partial charge in [0.1, 0.15) is 11.6 Å². The fraction of sp³-hybridized carbons (Fsp3) is 0.300. The summed E-state index contributed by atoms with van der Waals surface area (Å²) in [6.07, 6.45) is -0.328. The van der Waals surface area contributed by atoms with Gasteiger partial charge in [0.25, 0.3) is 5.91 Å². The van der Waals surface area contributed by atoms with Gasteiger partial charge < -0.3 is 14.8 Å². The van der Waals surface area contributed by atoms with E-state index >= 15 is 0 Å². The van der Waals surface area contributed by atoms with Gasteiger partial charge in [-0.25, -0.2) is 4.39 Å². The minimum Gasteiger partial charge on any atom is -0.497 e. The maximum Gasteiger partial charge on any atom is 0.308 e. The highest BCUT2D eigenvalue weighted by atomic mass is 35.5. The first-order valence-corrected chi connectivity index (χ1v) is 8.77. The summed E-state index contributed by atoms with van der Waals surface area (Å²) < 4.78 is 23.5. The van der Waals surface area contributed by atoms with Gasteiger partial charge in [-0.15, -0.1) is 0 Å². The van der Waals surface area contributed by atoms with Crippen LogP contribution in [0.2, 0.25) is 5.02 Å². The molecule has 2 aromatic carbocycles. The zero-order valence-electron chi connectivity index (χ0n) is 15.3. The largest absolute Gasteiger partial charge is 0.497 e. The lowest BCUT2D eigenvalue weighted by Gasteiger charge is -2.20. The van der Waals surface area contributed by atoms with Crippen LogP contribution >= 0.6 is 11.6 Å². The Morgan fingerprint density at radius 2 is 1.81 bits per heavy atom. The topological polar surface area (TPSA) is 64.6 Å². The van der Waals surface area contributed by atoms with Crippen LogP contribution in [0.4, 0.5) is 4.39 Å². The molecule has 0 unspecified atom stereocenters. The Bertz CT molecular complexity index is 808. The van der Waals surface area contributed by atoms with E-state index in [0.29, 0.717) is 11.3 Å². The van der Waals surface area contributed by atoms with Gasteiger partial charge in [0, 0.05) is 0 Å². The molecule has 2 aromatic rings. The quantitative estimate of drug-likeness (QED) is 0.712. The molecule has 0 saturated carbocycles. The van der Waals surface area contributed by atoms with Crippen molar-refractivity contribution < 1.29 is 23.5 Å². The van der Waals surface area contributed by atoms with E-state index in [2.05, 4.69) is 5.32 Å². The Kier molecular flexibility index (Phi) is 7.19. The van der Waals surface area contributed by atoms with Gasteiger partial charge in [0.2, 0.25) is 0 Å². The van der Waals surface area contributed by atoms with Crippen molar-refractivity contribution in [3.63, 3.8) is 0 Å². The summed E-state index contributed by atoms with van der Waals surface area (Å²) in [6, 6.07) is 9.82. The summed E-state index contributed by atoms with van der Waals surface area (Å²) in [5, 5.41) is 2.76. The molecule has 0 radical (unpaired) electrons. The molecule has 0 saturated heterocycles. The maximum absolute atomic E-state index is 13.2. The molecule has 0 spiro atoms. The monoisotopic (exact) mass is 393 g/mol. The van der Waals surface area contributed by atoms with Crippen LogP contribution in [0.1, 0.15) is 42.2 Å². The number of hydrogen-bond acceptors (Lipinski definition) is 4. The molecule has 2 rings (SSSR count). The molecule has 1 N–H and O–H groups in total. The average molecular weight is 394 g/mol. The van der Waals surface area contributed by atoms with Crippen LogP contribution in [-0.2, 0) is 9.53 Å². The molecular weight excluding hydrogens is 373 g/mol. The molecule has 0 aliphatic carbocycles. The zero-order valence-corrected chi connectivity index (χ0v) is 16.0. The SMILES string of the molecule is COc1ccc([C@H](CC(=O)OC(C)C)NC(=O)c2ccc(F)cc2Cl)cc1. The number of benzene rings is 2. The van der Waals surface area contributed by atoms with Crippen LogP contribution in [0.3, 0.4) is 0 Å². The highest BCUT2D eigenvalue weighted by Crippen LogP contribution is 2.23. The number of nitrogens with one attached hydrogen (secondary N) is 1. The van der Waals surface area contributed by atoms with Crippen molar-refractivity contribution in [3.05, 3.63) is 64.4 Å². The molecule has 0 aliphatic heterocycles. The summed E-state index contributed by atoms with van der Waals surface area (Å²) in [5.41, 5.74) is 0.817. The number of carbonyl (C=O) groups excluding carboxylic acids is 2. The average Bonchev–Trinajstić information content (AvgIpc) is 2.60. The Hall–Kier alpha value is -2.60. The highest BCUT2D eigenvalue weighted by molar-refractivity contribution is 6.33. The second-order valence-electron chi connectivity index (χ2n) is 6.17. The standard InChI is InChI=1S/C20H21ClFNO4/c1-12(2)27-19(24)11-18(13-4-7-15(26-3)8-5-13)23-20(25)16-9-6-14(22)10-17(16)21/h4-10,12,18H,11H2,1-3H3,(H,23,25)/t18-/m0/s1. The van der Waals surface area contributed by atoms with E-state index in [4.69, 9.17) is 21.1 Å². The molecule has 7 heteroatoms. The van der Waals surface area contributed by atoms with Crippen LogP contribution in [0.5, 0.6) is 5.75 Å². The van der Waals surface area contributed by atoms with E-state index in [1.807, 2.05) is 0 Å². The summed E-state index contributed by atoms with van der Waals surface area (Å²) in [6.45, 7) is 3.49. The van der Waals surface area contributed by atoms with Gasteiger partial charge in [-0.3, -0.25) is 9.59 Å². The molecule has 144 valence electrons. The van der Waals surface area contributed by atoms with Gasteiger partial charge in [-0.1, -0.05) is 23.7 Å². The first-order valence-electron chi connectivity index (χ1n) is 8.39.